The zero-order chi connectivity index (χ0) is 19.9. The minimum Gasteiger partial charge on any atom is -0.497 e. The predicted octanol–water partition coefficient (Wildman–Crippen LogP) is 1.18. The van der Waals surface area contributed by atoms with E-state index in [0.29, 0.717) is 12.2 Å². The van der Waals surface area contributed by atoms with Crippen LogP contribution in [0.2, 0.25) is 0 Å². The standard InChI is InChI=1S/C22H28N2O4/c1-26-19-7-4-17(5-8-19)16-23-10-12-24(13-11-23)22(25)14-18-6-9-20(27-2)15-21(18)28-3/h4-9,15H,10-14,16H2,1-3H3/p+1. The quantitative estimate of drug-likeness (QED) is 0.778. The van der Waals surface area contributed by atoms with Gasteiger partial charge < -0.3 is 24.0 Å². The van der Waals surface area contributed by atoms with Crippen molar-refractivity contribution in [2.45, 2.75) is 13.0 Å². The van der Waals surface area contributed by atoms with Crippen molar-refractivity contribution in [3.8, 4) is 17.2 Å². The first kappa shape index (κ1) is 20.0. The van der Waals surface area contributed by atoms with Crippen LogP contribution in [-0.4, -0.2) is 58.3 Å². The van der Waals surface area contributed by atoms with E-state index in [0.717, 1.165) is 49.8 Å². The summed E-state index contributed by atoms with van der Waals surface area (Å²) in [7, 11) is 4.91. The van der Waals surface area contributed by atoms with Gasteiger partial charge in [0.1, 0.15) is 23.8 Å². The second-order valence-electron chi connectivity index (χ2n) is 7.01. The molecule has 0 bridgehead atoms. The minimum absolute atomic E-state index is 0.145. The van der Waals surface area contributed by atoms with Crippen LogP contribution >= 0.6 is 0 Å². The Morgan fingerprint density at radius 1 is 0.929 bits per heavy atom. The van der Waals surface area contributed by atoms with E-state index in [2.05, 4.69) is 12.1 Å². The molecule has 1 amide bonds. The van der Waals surface area contributed by atoms with Gasteiger partial charge in [-0.2, -0.15) is 0 Å². The van der Waals surface area contributed by atoms with Crippen molar-refractivity contribution in [2.75, 3.05) is 47.5 Å². The van der Waals surface area contributed by atoms with E-state index in [1.165, 1.54) is 10.5 Å². The van der Waals surface area contributed by atoms with Gasteiger partial charge in [-0.25, -0.2) is 0 Å². The molecule has 6 nitrogen and oxygen atoms in total. The van der Waals surface area contributed by atoms with Crippen molar-refractivity contribution in [1.29, 1.82) is 0 Å². The van der Waals surface area contributed by atoms with Crippen LogP contribution in [0.4, 0.5) is 0 Å². The smallest absolute Gasteiger partial charge is 0.227 e. The summed E-state index contributed by atoms with van der Waals surface area (Å²) in [6.45, 7) is 4.44. The van der Waals surface area contributed by atoms with Crippen LogP contribution in [0.15, 0.2) is 42.5 Å². The summed E-state index contributed by atoms with van der Waals surface area (Å²) in [5.74, 6) is 2.44. The molecular weight excluding hydrogens is 356 g/mol. The number of hydrogen-bond acceptors (Lipinski definition) is 4. The Morgan fingerprint density at radius 3 is 2.18 bits per heavy atom. The summed E-state index contributed by atoms with van der Waals surface area (Å²) in [6, 6.07) is 13.8. The number of quaternary nitrogens is 1. The molecule has 0 spiro atoms. The first-order valence-corrected chi connectivity index (χ1v) is 9.58. The molecule has 0 saturated carbocycles. The molecule has 1 N–H and O–H groups in total. The lowest BCUT2D eigenvalue weighted by Gasteiger charge is -2.32. The molecule has 1 saturated heterocycles. The first-order valence-electron chi connectivity index (χ1n) is 9.58. The Hall–Kier alpha value is -2.73. The zero-order valence-electron chi connectivity index (χ0n) is 16.9. The van der Waals surface area contributed by atoms with Crippen molar-refractivity contribution in [1.82, 2.24) is 4.90 Å². The van der Waals surface area contributed by atoms with E-state index >= 15 is 0 Å². The van der Waals surface area contributed by atoms with E-state index in [1.807, 2.05) is 35.2 Å². The van der Waals surface area contributed by atoms with E-state index in [4.69, 9.17) is 14.2 Å². The highest BCUT2D eigenvalue weighted by atomic mass is 16.5. The second-order valence-corrected chi connectivity index (χ2v) is 7.01. The van der Waals surface area contributed by atoms with Gasteiger partial charge in [0.2, 0.25) is 5.91 Å². The topological polar surface area (TPSA) is 52.4 Å². The lowest BCUT2D eigenvalue weighted by Crippen LogP contribution is -3.13. The maximum Gasteiger partial charge on any atom is 0.227 e. The van der Waals surface area contributed by atoms with Crippen LogP contribution in [0, 0.1) is 0 Å². The largest absolute Gasteiger partial charge is 0.497 e. The Balaban J connectivity index is 1.52. The van der Waals surface area contributed by atoms with Crippen LogP contribution in [0.1, 0.15) is 11.1 Å². The summed E-state index contributed by atoms with van der Waals surface area (Å²) >= 11 is 0. The van der Waals surface area contributed by atoms with Gasteiger partial charge in [-0.05, 0) is 30.3 Å². The molecule has 1 heterocycles. The maximum absolute atomic E-state index is 12.7. The molecule has 150 valence electrons. The summed E-state index contributed by atoms with van der Waals surface area (Å²) in [4.78, 5) is 16.2. The molecule has 0 aliphatic carbocycles. The van der Waals surface area contributed by atoms with Crippen molar-refractivity contribution in [3.63, 3.8) is 0 Å². The Morgan fingerprint density at radius 2 is 1.57 bits per heavy atom. The number of ether oxygens (including phenoxy) is 3. The van der Waals surface area contributed by atoms with Crippen molar-refractivity contribution < 1.29 is 23.9 Å². The van der Waals surface area contributed by atoms with Crippen molar-refractivity contribution >= 4 is 5.91 Å². The van der Waals surface area contributed by atoms with E-state index in [-0.39, 0.29) is 5.91 Å². The fourth-order valence-corrected chi connectivity index (χ4v) is 3.55. The molecule has 1 aliphatic rings. The van der Waals surface area contributed by atoms with Crippen molar-refractivity contribution in [2.24, 2.45) is 0 Å². The molecule has 1 fully saturated rings. The number of benzene rings is 2. The lowest BCUT2D eigenvalue weighted by atomic mass is 10.1. The summed E-state index contributed by atoms with van der Waals surface area (Å²) in [5, 5.41) is 0. The number of piperazine rings is 1. The van der Waals surface area contributed by atoms with E-state index < -0.39 is 0 Å². The van der Waals surface area contributed by atoms with Crippen LogP contribution in [-0.2, 0) is 17.8 Å². The number of carbonyl (C=O) groups is 1. The van der Waals surface area contributed by atoms with Gasteiger partial charge in [0.25, 0.3) is 0 Å². The fraction of sp³-hybridized carbons (Fsp3) is 0.409. The number of nitrogens with one attached hydrogen (secondary N) is 1. The number of nitrogens with zero attached hydrogens (tertiary/aromatic N) is 1. The Labute approximate surface area is 166 Å². The van der Waals surface area contributed by atoms with Crippen LogP contribution in [0.25, 0.3) is 0 Å². The average Bonchev–Trinajstić information content (AvgIpc) is 2.75. The normalized spacial score (nSPS) is 14.6. The Bertz CT molecular complexity index is 784. The van der Waals surface area contributed by atoms with Crippen LogP contribution in [0.5, 0.6) is 17.2 Å². The predicted molar refractivity (Wildman–Crippen MR) is 107 cm³/mol. The summed E-state index contributed by atoms with van der Waals surface area (Å²) in [5.41, 5.74) is 2.18. The molecule has 2 aromatic rings. The maximum atomic E-state index is 12.7. The number of rotatable bonds is 7. The Kier molecular flexibility index (Phi) is 6.76. The number of methoxy groups -OCH3 is 3. The molecular formula is C22H29N2O4+. The minimum atomic E-state index is 0.145. The van der Waals surface area contributed by atoms with Crippen molar-refractivity contribution in [3.05, 3.63) is 53.6 Å². The summed E-state index contributed by atoms with van der Waals surface area (Å²) in [6.07, 6.45) is 0.348. The average molecular weight is 385 g/mol. The van der Waals surface area contributed by atoms with Gasteiger partial charge in [-0.3, -0.25) is 4.79 Å². The number of carbonyl (C=O) groups excluding carboxylic acids is 1. The molecule has 0 aromatic heterocycles. The number of hydrogen-bond donors (Lipinski definition) is 1. The van der Waals surface area contributed by atoms with Crippen LogP contribution in [0.3, 0.4) is 0 Å². The second kappa shape index (κ2) is 9.46. The molecule has 1 aliphatic heterocycles. The fourth-order valence-electron chi connectivity index (χ4n) is 3.55. The monoisotopic (exact) mass is 385 g/mol. The molecule has 0 unspecified atom stereocenters. The number of amides is 1. The van der Waals surface area contributed by atoms with Gasteiger partial charge in [0.15, 0.2) is 0 Å². The first-order chi connectivity index (χ1) is 13.6. The van der Waals surface area contributed by atoms with Gasteiger partial charge >= 0.3 is 0 Å². The SMILES string of the molecule is COc1ccc(C[NH+]2CCN(C(=O)Cc3ccc(OC)cc3OC)CC2)cc1. The van der Waals surface area contributed by atoms with E-state index in [1.54, 1.807) is 21.3 Å². The van der Waals surface area contributed by atoms with Crippen LogP contribution < -0.4 is 19.1 Å². The zero-order valence-corrected chi connectivity index (χ0v) is 16.9. The highest BCUT2D eigenvalue weighted by Crippen LogP contribution is 2.25. The highest BCUT2D eigenvalue weighted by Gasteiger charge is 2.24. The molecule has 0 atom stereocenters. The third kappa shape index (κ3) is 4.95. The van der Waals surface area contributed by atoms with Gasteiger partial charge in [-0.1, -0.05) is 6.07 Å². The molecule has 28 heavy (non-hydrogen) atoms. The lowest BCUT2D eigenvalue weighted by molar-refractivity contribution is -0.917. The third-order valence-corrected chi connectivity index (χ3v) is 5.27. The van der Waals surface area contributed by atoms with E-state index in [9.17, 15) is 4.79 Å². The van der Waals surface area contributed by atoms with Gasteiger partial charge in [0, 0.05) is 17.2 Å². The highest BCUT2D eigenvalue weighted by molar-refractivity contribution is 5.79. The molecule has 2 aromatic carbocycles. The molecule has 0 radical (unpaired) electrons. The van der Waals surface area contributed by atoms with Gasteiger partial charge in [0.05, 0.1) is 53.9 Å². The molecule has 6 heteroatoms. The third-order valence-electron chi connectivity index (χ3n) is 5.27. The molecule has 3 rings (SSSR count). The van der Waals surface area contributed by atoms with Gasteiger partial charge in [-0.15, -0.1) is 0 Å². The summed E-state index contributed by atoms with van der Waals surface area (Å²) < 4.78 is 15.8.